The molecule has 1 N–H and O–H groups in total. The van der Waals surface area contributed by atoms with Crippen LogP contribution in [0.2, 0.25) is 0 Å². The van der Waals surface area contributed by atoms with Gasteiger partial charge in [0, 0.05) is 22.8 Å². The average molecular weight is 429 g/mol. The number of hydrogen-bond acceptors (Lipinski definition) is 3. The molecule has 2 aromatic carbocycles. The molecule has 0 aromatic heterocycles. The van der Waals surface area contributed by atoms with Crippen LogP contribution in [0.5, 0.6) is 5.75 Å². The first kappa shape index (κ1) is 17.7. The molecule has 0 radical (unpaired) electrons. The molecule has 23 heavy (non-hydrogen) atoms. The molecule has 2 rings (SSSR count). The summed E-state index contributed by atoms with van der Waals surface area (Å²) in [7, 11) is 1.61. The van der Waals surface area contributed by atoms with Gasteiger partial charge >= 0.3 is 0 Å². The number of rotatable bonds is 7. The standard InChI is InChI=1S/C17H17FINO3/c1-22-7-8-23-14-4-2-3-12(9-14)11-20-17(21)13-5-6-16(19)15(18)10-13/h2-6,9-10H,7-8,11H2,1H3,(H,20,21). The van der Waals surface area contributed by atoms with Crippen LogP contribution in [0.25, 0.3) is 0 Å². The molecular formula is C17H17FINO3. The summed E-state index contributed by atoms with van der Waals surface area (Å²) in [4.78, 5) is 12.0. The van der Waals surface area contributed by atoms with Crippen LogP contribution in [0, 0.1) is 9.39 Å². The van der Waals surface area contributed by atoms with Gasteiger partial charge in [-0.1, -0.05) is 12.1 Å². The lowest BCUT2D eigenvalue weighted by molar-refractivity contribution is 0.0950. The highest BCUT2D eigenvalue weighted by Gasteiger charge is 2.08. The summed E-state index contributed by atoms with van der Waals surface area (Å²) in [5, 5.41) is 2.77. The van der Waals surface area contributed by atoms with E-state index >= 15 is 0 Å². The molecule has 0 aliphatic rings. The molecule has 0 bridgehead atoms. The molecule has 0 saturated carbocycles. The highest BCUT2D eigenvalue weighted by molar-refractivity contribution is 14.1. The van der Waals surface area contributed by atoms with E-state index in [4.69, 9.17) is 9.47 Å². The summed E-state index contributed by atoms with van der Waals surface area (Å²) in [5.74, 6) is 0.00639. The fourth-order valence-electron chi connectivity index (χ4n) is 1.91. The third kappa shape index (κ3) is 5.47. The Labute approximate surface area is 148 Å². The fourth-order valence-corrected chi connectivity index (χ4v) is 2.25. The molecule has 0 saturated heterocycles. The first-order valence-electron chi connectivity index (χ1n) is 7.04. The Balaban J connectivity index is 1.93. The van der Waals surface area contributed by atoms with Crippen molar-refractivity contribution in [1.29, 1.82) is 0 Å². The molecule has 0 atom stereocenters. The molecule has 0 aliphatic heterocycles. The summed E-state index contributed by atoms with van der Waals surface area (Å²) in [6, 6.07) is 11.9. The van der Waals surface area contributed by atoms with E-state index in [0.717, 1.165) is 5.56 Å². The van der Waals surface area contributed by atoms with Crippen LogP contribution in [0.15, 0.2) is 42.5 Å². The largest absolute Gasteiger partial charge is 0.491 e. The maximum absolute atomic E-state index is 13.5. The Morgan fingerprint density at radius 1 is 1.22 bits per heavy atom. The predicted molar refractivity (Wildman–Crippen MR) is 94.1 cm³/mol. The average Bonchev–Trinajstić information content (AvgIpc) is 2.56. The first-order chi connectivity index (χ1) is 11.1. The zero-order valence-corrected chi connectivity index (χ0v) is 14.8. The molecule has 4 nitrogen and oxygen atoms in total. The second kappa shape index (κ2) is 8.83. The van der Waals surface area contributed by atoms with Gasteiger partial charge in [0.05, 0.1) is 6.61 Å². The number of nitrogens with one attached hydrogen (secondary N) is 1. The van der Waals surface area contributed by atoms with E-state index in [-0.39, 0.29) is 5.91 Å². The Kier molecular flexibility index (Phi) is 6.79. The smallest absolute Gasteiger partial charge is 0.251 e. The molecule has 0 aliphatic carbocycles. The van der Waals surface area contributed by atoms with Crippen molar-refractivity contribution in [3.05, 3.63) is 63.0 Å². The summed E-state index contributed by atoms with van der Waals surface area (Å²) < 4.78 is 24.4. The summed E-state index contributed by atoms with van der Waals surface area (Å²) in [6.07, 6.45) is 0. The van der Waals surface area contributed by atoms with Crippen LogP contribution in [0.3, 0.4) is 0 Å². The van der Waals surface area contributed by atoms with Gasteiger partial charge in [0.25, 0.3) is 5.91 Å². The van der Waals surface area contributed by atoms with Crippen LogP contribution < -0.4 is 10.1 Å². The van der Waals surface area contributed by atoms with Crippen LogP contribution >= 0.6 is 22.6 Å². The highest BCUT2D eigenvalue weighted by Crippen LogP contribution is 2.14. The normalized spacial score (nSPS) is 10.4. The number of methoxy groups -OCH3 is 1. The van der Waals surface area contributed by atoms with Gasteiger partial charge < -0.3 is 14.8 Å². The molecule has 2 aromatic rings. The van der Waals surface area contributed by atoms with Crippen molar-refractivity contribution in [2.24, 2.45) is 0 Å². The van der Waals surface area contributed by atoms with Crippen molar-refractivity contribution >= 4 is 28.5 Å². The van der Waals surface area contributed by atoms with E-state index in [1.807, 2.05) is 46.9 Å². The molecular weight excluding hydrogens is 412 g/mol. The maximum Gasteiger partial charge on any atom is 0.251 e. The predicted octanol–water partition coefficient (Wildman–Crippen LogP) is 3.39. The van der Waals surface area contributed by atoms with Crippen LogP contribution in [-0.2, 0) is 11.3 Å². The van der Waals surface area contributed by atoms with Crippen molar-refractivity contribution in [2.45, 2.75) is 6.54 Å². The Morgan fingerprint density at radius 2 is 2.04 bits per heavy atom. The molecule has 0 heterocycles. The summed E-state index contributed by atoms with van der Waals surface area (Å²) in [5.41, 5.74) is 1.20. The van der Waals surface area contributed by atoms with E-state index in [9.17, 15) is 9.18 Å². The van der Waals surface area contributed by atoms with Gasteiger partial charge in [-0.05, 0) is 58.5 Å². The molecule has 0 unspecified atom stereocenters. The quantitative estimate of drug-likeness (QED) is 0.543. The van der Waals surface area contributed by atoms with Crippen molar-refractivity contribution in [1.82, 2.24) is 5.32 Å². The van der Waals surface area contributed by atoms with Crippen LogP contribution in [-0.4, -0.2) is 26.2 Å². The molecule has 1 amide bonds. The number of hydrogen-bond donors (Lipinski definition) is 1. The Morgan fingerprint density at radius 3 is 2.78 bits per heavy atom. The summed E-state index contributed by atoms with van der Waals surface area (Å²) >= 11 is 1.88. The summed E-state index contributed by atoms with van der Waals surface area (Å²) in [6.45, 7) is 1.32. The molecule has 122 valence electrons. The van der Waals surface area contributed by atoms with Gasteiger partial charge in [-0.3, -0.25) is 4.79 Å². The van der Waals surface area contributed by atoms with Crippen molar-refractivity contribution < 1.29 is 18.7 Å². The second-order valence-corrected chi connectivity index (χ2v) is 5.96. The number of amides is 1. The van der Waals surface area contributed by atoms with E-state index in [0.29, 0.717) is 34.6 Å². The number of carbonyl (C=O) groups excluding carboxylic acids is 1. The van der Waals surface area contributed by atoms with E-state index in [1.54, 1.807) is 19.2 Å². The number of halogens is 2. The lowest BCUT2D eigenvalue weighted by Crippen LogP contribution is -2.23. The Bertz CT molecular complexity index is 679. The molecule has 0 spiro atoms. The highest BCUT2D eigenvalue weighted by atomic mass is 127. The van der Waals surface area contributed by atoms with E-state index in [1.165, 1.54) is 6.07 Å². The molecule has 6 heteroatoms. The van der Waals surface area contributed by atoms with E-state index in [2.05, 4.69) is 5.32 Å². The van der Waals surface area contributed by atoms with Crippen LogP contribution in [0.4, 0.5) is 4.39 Å². The minimum absolute atomic E-state index is 0.301. The lowest BCUT2D eigenvalue weighted by Gasteiger charge is -2.09. The van der Waals surface area contributed by atoms with Crippen molar-refractivity contribution in [3.8, 4) is 5.75 Å². The minimum atomic E-state index is -0.396. The third-order valence-corrected chi connectivity index (χ3v) is 3.96. The van der Waals surface area contributed by atoms with Gasteiger partial charge in [-0.15, -0.1) is 0 Å². The van der Waals surface area contributed by atoms with Crippen molar-refractivity contribution in [3.63, 3.8) is 0 Å². The molecule has 0 fully saturated rings. The second-order valence-electron chi connectivity index (χ2n) is 4.80. The van der Waals surface area contributed by atoms with Gasteiger partial charge in [0.2, 0.25) is 0 Å². The minimum Gasteiger partial charge on any atom is -0.491 e. The topological polar surface area (TPSA) is 47.6 Å². The van der Waals surface area contributed by atoms with Gasteiger partial charge in [0.1, 0.15) is 18.2 Å². The fraction of sp³-hybridized carbons (Fsp3) is 0.235. The van der Waals surface area contributed by atoms with Gasteiger partial charge in [-0.2, -0.15) is 0 Å². The monoisotopic (exact) mass is 429 g/mol. The lowest BCUT2D eigenvalue weighted by atomic mass is 10.2. The number of carbonyl (C=O) groups is 1. The van der Waals surface area contributed by atoms with Crippen molar-refractivity contribution in [2.75, 3.05) is 20.3 Å². The zero-order chi connectivity index (χ0) is 16.7. The zero-order valence-electron chi connectivity index (χ0n) is 12.6. The van der Waals surface area contributed by atoms with E-state index < -0.39 is 5.82 Å². The maximum atomic E-state index is 13.5. The van der Waals surface area contributed by atoms with Gasteiger partial charge in [0.15, 0.2) is 0 Å². The first-order valence-corrected chi connectivity index (χ1v) is 8.12. The van der Waals surface area contributed by atoms with Gasteiger partial charge in [-0.25, -0.2) is 4.39 Å². The number of benzene rings is 2. The Hall–Kier alpha value is -1.67. The third-order valence-electron chi connectivity index (χ3n) is 3.09. The number of ether oxygens (including phenoxy) is 2. The van der Waals surface area contributed by atoms with Crippen LogP contribution in [0.1, 0.15) is 15.9 Å². The SMILES string of the molecule is COCCOc1cccc(CNC(=O)c2ccc(I)c(F)c2)c1.